The number of hydrogen-bond acceptors (Lipinski definition) is 5. The second kappa shape index (κ2) is 6.02. The zero-order valence-corrected chi connectivity index (χ0v) is 14.9. The van der Waals surface area contributed by atoms with E-state index in [2.05, 4.69) is 15.2 Å². The summed E-state index contributed by atoms with van der Waals surface area (Å²) in [6, 6.07) is 18.4. The average molecular weight is 369 g/mol. The maximum Gasteiger partial charge on any atom is 0.283 e. The number of aromatic hydroxyl groups is 1. The second-order valence-corrected chi connectivity index (χ2v) is 6.47. The number of rotatable bonds is 2. The molecule has 0 atom stereocenters. The van der Waals surface area contributed by atoms with E-state index < -0.39 is 0 Å². The lowest BCUT2D eigenvalue weighted by atomic mass is 10.0. The van der Waals surface area contributed by atoms with Crippen LogP contribution in [-0.4, -0.2) is 30.6 Å². The van der Waals surface area contributed by atoms with Gasteiger partial charge in [-0.25, -0.2) is 4.98 Å². The van der Waals surface area contributed by atoms with Crippen molar-refractivity contribution in [2.75, 3.05) is 0 Å². The fourth-order valence-corrected chi connectivity index (χ4v) is 3.34. The van der Waals surface area contributed by atoms with Gasteiger partial charge in [-0.15, -0.1) is 5.10 Å². The van der Waals surface area contributed by atoms with E-state index in [0.29, 0.717) is 28.1 Å². The Labute approximate surface area is 158 Å². The minimum absolute atomic E-state index is 0.125. The number of benzene rings is 3. The Morgan fingerprint density at radius 3 is 2.61 bits per heavy atom. The molecular weight excluding hydrogens is 354 g/mol. The Bertz CT molecular complexity index is 1460. The van der Waals surface area contributed by atoms with E-state index >= 15 is 0 Å². The summed E-state index contributed by atoms with van der Waals surface area (Å²) in [6.45, 7) is 1.75. The van der Waals surface area contributed by atoms with Crippen LogP contribution in [0.25, 0.3) is 27.5 Å². The third kappa shape index (κ3) is 2.37. The lowest BCUT2D eigenvalue weighted by Gasteiger charge is -2.05. The van der Waals surface area contributed by atoms with E-state index in [1.807, 2.05) is 36.4 Å². The van der Waals surface area contributed by atoms with Gasteiger partial charge in [0.1, 0.15) is 5.75 Å². The maximum atomic E-state index is 12.7. The van der Waals surface area contributed by atoms with Crippen LogP contribution >= 0.6 is 0 Å². The summed E-state index contributed by atoms with van der Waals surface area (Å²) in [6.07, 6.45) is 1.56. The van der Waals surface area contributed by atoms with Crippen LogP contribution in [0, 0.1) is 6.92 Å². The van der Waals surface area contributed by atoms with Gasteiger partial charge in [0.2, 0.25) is 0 Å². The number of nitrogens with zero attached hydrogens (tertiary/aromatic N) is 5. The van der Waals surface area contributed by atoms with Crippen LogP contribution in [0.4, 0.5) is 0 Å². The van der Waals surface area contributed by atoms with Crippen molar-refractivity contribution in [3.63, 3.8) is 0 Å². The number of hydrogen-bond donors (Lipinski definition) is 1. The summed E-state index contributed by atoms with van der Waals surface area (Å²) in [4.78, 5) is 17.3. The van der Waals surface area contributed by atoms with E-state index in [-0.39, 0.29) is 11.3 Å². The predicted octanol–water partition coefficient (Wildman–Crippen LogP) is 3.09. The zero-order chi connectivity index (χ0) is 19.3. The summed E-state index contributed by atoms with van der Waals surface area (Å²) in [5, 5.41) is 21.5. The van der Waals surface area contributed by atoms with Gasteiger partial charge in [0.15, 0.2) is 5.82 Å². The number of aryl methyl sites for hydroxylation is 1. The molecule has 136 valence electrons. The largest absolute Gasteiger partial charge is 0.507 e. The fourth-order valence-electron chi connectivity index (χ4n) is 3.34. The number of phenolic OH excluding ortho intramolecular Hbond substituents is 1. The van der Waals surface area contributed by atoms with Crippen molar-refractivity contribution in [2.24, 2.45) is 5.10 Å². The summed E-state index contributed by atoms with van der Waals surface area (Å²) in [5.41, 5.74) is 0.926. The first kappa shape index (κ1) is 16.2. The van der Waals surface area contributed by atoms with Gasteiger partial charge in [-0.3, -0.25) is 4.79 Å². The first-order valence-corrected chi connectivity index (χ1v) is 8.76. The number of fused-ring (bicyclic) bond motifs is 3. The molecule has 0 bridgehead atoms. The lowest BCUT2D eigenvalue weighted by molar-refractivity contribution is 0.475. The van der Waals surface area contributed by atoms with Crippen LogP contribution in [0.5, 0.6) is 5.75 Å². The molecule has 0 saturated carbocycles. The number of phenols is 1. The van der Waals surface area contributed by atoms with Crippen LogP contribution in [0.15, 0.2) is 70.6 Å². The standard InChI is InChI=1S/C21H15N5O2/c1-13-24-26-20(28)16-8-4-5-9-18(16)23-21(26)25(13)22-12-17-15-7-3-2-6-14(15)10-11-19(17)27/h2-12,27H,1H3/b22-12+. The minimum Gasteiger partial charge on any atom is -0.507 e. The number of para-hydroxylation sites is 1. The van der Waals surface area contributed by atoms with Crippen molar-refractivity contribution in [1.29, 1.82) is 0 Å². The topological polar surface area (TPSA) is 84.8 Å². The summed E-state index contributed by atoms with van der Waals surface area (Å²) in [7, 11) is 0. The Kier molecular flexibility index (Phi) is 3.48. The molecule has 0 unspecified atom stereocenters. The molecule has 0 amide bonds. The molecule has 5 rings (SSSR count). The third-order valence-electron chi connectivity index (χ3n) is 4.73. The molecule has 5 aromatic rings. The molecule has 1 N–H and O–H groups in total. The highest BCUT2D eigenvalue weighted by molar-refractivity contribution is 6.02. The molecule has 0 radical (unpaired) electrons. The smallest absolute Gasteiger partial charge is 0.283 e. The Hall–Kier alpha value is -4.00. The average Bonchev–Trinajstić information content (AvgIpc) is 3.03. The maximum absolute atomic E-state index is 12.7. The molecule has 2 heterocycles. The summed E-state index contributed by atoms with van der Waals surface area (Å²) in [5.74, 6) is 0.952. The minimum atomic E-state index is -0.245. The molecule has 7 heteroatoms. The van der Waals surface area contributed by atoms with Gasteiger partial charge in [-0.1, -0.05) is 42.5 Å². The van der Waals surface area contributed by atoms with Crippen molar-refractivity contribution >= 4 is 33.7 Å². The molecule has 7 nitrogen and oxygen atoms in total. The second-order valence-electron chi connectivity index (χ2n) is 6.47. The molecule has 3 aromatic carbocycles. The van der Waals surface area contributed by atoms with Crippen molar-refractivity contribution < 1.29 is 5.11 Å². The van der Waals surface area contributed by atoms with Crippen LogP contribution in [0.3, 0.4) is 0 Å². The van der Waals surface area contributed by atoms with Crippen molar-refractivity contribution in [2.45, 2.75) is 6.92 Å². The van der Waals surface area contributed by atoms with Gasteiger partial charge in [0.05, 0.1) is 17.1 Å². The van der Waals surface area contributed by atoms with Crippen LogP contribution in [-0.2, 0) is 0 Å². The quantitative estimate of drug-likeness (QED) is 0.485. The summed E-state index contributed by atoms with van der Waals surface area (Å²) >= 11 is 0. The first-order valence-electron chi connectivity index (χ1n) is 8.76. The van der Waals surface area contributed by atoms with E-state index in [1.165, 1.54) is 9.19 Å². The highest BCUT2D eigenvalue weighted by atomic mass is 16.3. The molecule has 0 spiro atoms. The first-order chi connectivity index (χ1) is 13.6. The van der Waals surface area contributed by atoms with E-state index in [0.717, 1.165) is 10.8 Å². The molecular formula is C21H15N5O2. The Balaban J connectivity index is 1.74. The third-order valence-corrected chi connectivity index (χ3v) is 4.73. The van der Waals surface area contributed by atoms with Gasteiger partial charge < -0.3 is 5.11 Å². The predicted molar refractivity (Wildman–Crippen MR) is 108 cm³/mol. The van der Waals surface area contributed by atoms with Crippen molar-refractivity contribution in [1.82, 2.24) is 19.3 Å². The molecule has 0 fully saturated rings. The summed E-state index contributed by atoms with van der Waals surface area (Å²) < 4.78 is 2.74. The Morgan fingerprint density at radius 1 is 1.00 bits per heavy atom. The van der Waals surface area contributed by atoms with Gasteiger partial charge in [-0.2, -0.15) is 14.3 Å². The van der Waals surface area contributed by atoms with E-state index in [1.54, 1.807) is 37.4 Å². The molecule has 0 saturated heterocycles. The van der Waals surface area contributed by atoms with Crippen molar-refractivity contribution in [3.05, 3.63) is 82.4 Å². The molecule has 28 heavy (non-hydrogen) atoms. The molecule has 2 aromatic heterocycles. The molecule has 0 aliphatic heterocycles. The van der Waals surface area contributed by atoms with Gasteiger partial charge in [-0.05, 0) is 35.9 Å². The normalized spacial score (nSPS) is 11.9. The van der Waals surface area contributed by atoms with Gasteiger partial charge >= 0.3 is 0 Å². The zero-order valence-electron chi connectivity index (χ0n) is 14.9. The number of aromatic nitrogens is 4. The van der Waals surface area contributed by atoms with Crippen molar-refractivity contribution in [3.8, 4) is 5.75 Å². The highest BCUT2D eigenvalue weighted by Crippen LogP contribution is 2.25. The molecule has 0 aliphatic rings. The van der Waals surface area contributed by atoms with E-state index in [4.69, 9.17) is 0 Å². The fraction of sp³-hybridized carbons (Fsp3) is 0.0476. The highest BCUT2D eigenvalue weighted by Gasteiger charge is 2.13. The Morgan fingerprint density at radius 2 is 1.75 bits per heavy atom. The van der Waals surface area contributed by atoms with Crippen LogP contribution < -0.4 is 5.56 Å². The van der Waals surface area contributed by atoms with Gasteiger partial charge in [0, 0.05) is 5.56 Å². The molecule has 0 aliphatic carbocycles. The van der Waals surface area contributed by atoms with E-state index in [9.17, 15) is 9.90 Å². The lowest BCUT2D eigenvalue weighted by Crippen LogP contribution is -2.16. The van der Waals surface area contributed by atoms with Crippen LogP contribution in [0.2, 0.25) is 0 Å². The SMILES string of the molecule is Cc1nn2c(=O)c3ccccc3nc2n1/N=C/c1c(O)ccc2ccccc12. The van der Waals surface area contributed by atoms with Crippen LogP contribution in [0.1, 0.15) is 11.4 Å². The van der Waals surface area contributed by atoms with Gasteiger partial charge in [0.25, 0.3) is 11.3 Å². The monoisotopic (exact) mass is 369 g/mol.